The van der Waals surface area contributed by atoms with E-state index in [0.717, 1.165) is 49.0 Å². The number of amides is 1. The van der Waals surface area contributed by atoms with Gasteiger partial charge in [-0.2, -0.15) is 0 Å². The van der Waals surface area contributed by atoms with E-state index in [9.17, 15) is 4.79 Å². The van der Waals surface area contributed by atoms with Gasteiger partial charge in [-0.05, 0) is 31.2 Å². The van der Waals surface area contributed by atoms with Crippen LogP contribution in [0.2, 0.25) is 0 Å². The molecule has 0 unspecified atom stereocenters. The maximum absolute atomic E-state index is 12.4. The highest BCUT2D eigenvalue weighted by molar-refractivity contribution is 7.18. The third-order valence-corrected chi connectivity index (χ3v) is 5.83. The monoisotopic (exact) mass is 381 g/mol. The van der Waals surface area contributed by atoms with Crippen molar-refractivity contribution in [1.82, 2.24) is 14.8 Å². The average Bonchev–Trinajstić information content (AvgIpc) is 3.10. The molecule has 0 spiro atoms. The highest BCUT2D eigenvalue weighted by Gasteiger charge is 2.22. The van der Waals surface area contributed by atoms with E-state index in [2.05, 4.69) is 17.0 Å². The average molecular weight is 382 g/mol. The van der Waals surface area contributed by atoms with Crippen molar-refractivity contribution >= 4 is 27.5 Å². The number of benzene rings is 2. The quantitative estimate of drug-likeness (QED) is 0.680. The minimum absolute atomic E-state index is 0.0511. The molecule has 1 amide bonds. The van der Waals surface area contributed by atoms with Crippen molar-refractivity contribution in [2.75, 3.05) is 32.8 Å². The maximum Gasteiger partial charge on any atom is 0.260 e. The van der Waals surface area contributed by atoms with Crippen LogP contribution in [0.5, 0.6) is 5.75 Å². The number of carbonyl (C=O) groups excluding carboxylic acids is 1. The molecular formula is C21H23N3O2S. The van der Waals surface area contributed by atoms with E-state index in [1.54, 1.807) is 11.3 Å². The first kappa shape index (κ1) is 17.9. The molecule has 0 bridgehead atoms. The highest BCUT2D eigenvalue weighted by atomic mass is 32.1. The van der Waals surface area contributed by atoms with Crippen molar-refractivity contribution in [3.8, 4) is 5.75 Å². The van der Waals surface area contributed by atoms with E-state index in [4.69, 9.17) is 9.72 Å². The Morgan fingerprint density at radius 3 is 2.56 bits per heavy atom. The number of aromatic nitrogens is 1. The first-order valence-electron chi connectivity index (χ1n) is 9.21. The van der Waals surface area contributed by atoms with Crippen LogP contribution in [-0.2, 0) is 11.3 Å². The summed E-state index contributed by atoms with van der Waals surface area (Å²) in [6, 6.07) is 16.0. The van der Waals surface area contributed by atoms with Crippen molar-refractivity contribution in [2.24, 2.45) is 0 Å². The van der Waals surface area contributed by atoms with Crippen LogP contribution in [0.25, 0.3) is 10.2 Å². The zero-order valence-corrected chi connectivity index (χ0v) is 16.2. The van der Waals surface area contributed by atoms with Crippen LogP contribution in [0.1, 0.15) is 10.6 Å². The lowest BCUT2D eigenvalue weighted by Crippen LogP contribution is -2.49. The SMILES string of the molecule is Cc1ccc(OCC(=O)N2CCN(Cc3nc4ccccc4s3)CC2)cc1. The molecule has 2 heterocycles. The Balaban J connectivity index is 1.25. The fraction of sp³-hybridized carbons (Fsp3) is 0.333. The van der Waals surface area contributed by atoms with Gasteiger partial charge in [-0.1, -0.05) is 29.8 Å². The zero-order chi connectivity index (χ0) is 18.6. The van der Waals surface area contributed by atoms with E-state index in [0.29, 0.717) is 0 Å². The lowest BCUT2D eigenvalue weighted by molar-refractivity contribution is -0.135. The molecule has 0 saturated carbocycles. The molecule has 3 aromatic rings. The van der Waals surface area contributed by atoms with Crippen LogP contribution in [-0.4, -0.2) is 53.5 Å². The second-order valence-electron chi connectivity index (χ2n) is 6.83. The number of para-hydroxylation sites is 1. The predicted molar refractivity (Wildman–Crippen MR) is 108 cm³/mol. The first-order chi connectivity index (χ1) is 13.2. The summed E-state index contributed by atoms with van der Waals surface area (Å²) in [7, 11) is 0. The van der Waals surface area contributed by atoms with Crippen LogP contribution < -0.4 is 4.74 Å². The molecule has 0 atom stereocenters. The minimum atomic E-state index is 0.0511. The molecule has 1 saturated heterocycles. The Morgan fingerprint density at radius 1 is 1.07 bits per heavy atom. The van der Waals surface area contributed by atoms with Crippen LogP contribution in [0.3, 0.4) is 0 Å². The summed E-state index contributed by atoms with van der Waals surface area (Å²) < 4.78 is 6.85. The summed E-state index contributed by atoms with van der Waals surface area (Å²) in [5.74, 6) is 0.790. The fourth-order valence-electron chi connectivity index (χ4n) is 3.21. The van der Waals surface area contributed by atoms with Gasteiger partial charge in [-0.25, -0.2) is 4.98 Å². The summed E-state index contributed by atoms with van der Waals surface area (Å²) in [5, 5.41) is 1.14. The number of rotatable bonds is 5. The van der Waals surface area contributed by atoms with Gasteiger partial charge in [0.1, 0.15) is 10.8 Å². The minimum Gasteiger partial charge on any atom is -0.484 e. The zero-order valence-electron chi connectivity index (χ0n) is 15.4. The molecular weight excluding hydrogens is 358 g/mol. The molecule has 0 aliphatic carbocycles. The summed E-state index contributed by atoms with van der Waals surface area (Å²) in [6.07, 6.45) is 0. The molecule has 1 aromatic heterocycles. The van der Waals surface area contributed by atoms with Gasteiger partial charge in [0.25, 0.3) is 5.91 Å². The second-order valence-corrected chi connectivity index (χ2v) is 7.95. The molecule has 0 radical (unpaired) electrons. The number of hydrogen-bond acceptors (Lipinski definition) is 5. The van der Waals surface area contributed by atoms with Gasteiger partial charge in [0.15, 0.2) is 6.61 Å². The lowest BCUT2D eigenvalue weighted by Gasteiger charge is -2.34. The topological polar surface area (TPSA) is 45.7 Å². The maximum atomic E-state index is 12.4. The summed E-state index contributed by atoms with van der Waals surface area (Å²) in [4.78, 5) is 21.4. The summed E-state index contributed by atoms with van der Waals surface area (Å²) in [5.41, 5.74) is 2.25. The van der Waals surface area contributed by atoms with Crippen LogP contribution >= 0.6 is 11.3 Å². The summed E-state index contributed by atoms with van der Waals surface area (Å²) >= 11 is 1.75. The third-order valence-electron chi connectivity index (χ3n) is 4.81. The van der Waals surface area contributed by atoms with E-state index in [1.807, 2.05) is 48.2 Å². The number of fused-ring (bicyclic) bond motifs is 1. The number of ether oxygens (including phenoxy) is 1. The molecule has 1 fully saturated rings. The Kier molecular flexibility index (Phi) is 5.36. The van der Waals surface area contributed by atoms with Crippen molar-refractivity contribution in [1.29, 1.82) is 0 Å². The molecule has 140 valence electrons. The van der Waals surface area contributed by atoms with Crippen molar-refractivity contribution < 1.29 is 9.53 Å². The van der Waals surface area contributed by atoms with Gasteiger partial charge in [-0.3, -0.25) is 9.69 Å². The molecule has 6 heteroatoms. The van der Waals surface area contributed by atoms with Crippen molar-refractivity contribution in [2.45, 2.75) is 13.5 Å². The largest absolute Gasteiger partial charge is 0.484 e. The van der Waals surface area contributed by atoms with Crippen molar-refractivity contribution in [3.63, 3.8) is 0 Å². The van der Waals surface area contributed by atoms with Crippen LogP contribution in [0, 0.1) is 6.92 Å². The van der Waals surface area contributed by atoms with Crippen LogP contribution in [0.15, 0.2) is 48.5 Å². The van der Waals surface area contributed by atoms with Crippen molar-refractivity contribution in [3.05, 3.63) is 59.1 Å². The Labute approximate surface area is 163 Å². The van der Waals surface area contributed by atoms with Gasteiger partial charge < -0.3 is 9.64 Å². The Bertz CT molecular complexity index is 882. The van der Waals surface area contributed by atoms with Gasteiger partial charge in [0.2, 0.25) is 0 Å². The van der Waals surface area contributed by atoms with E-state index in [-0.39, 0.29) is 12.5 Å². The molecule has 0 N–H and O–H groups in total. The number of nitrogens with zero attached hydrogens (tertiary/aromatic N) is 3. The van der Waals surface area contributed by atoms with E-state index >= 15 is 0 Å². The van der Waals surface area contributed by atoms with Gasteiger partial charge in [0, 0.05) is 26.2 Å². The predicted octanol–water partition coefficient (Wildman–Crippen LogP) is 3.33. The third kappa shape index (κ3) is 4.46. The number of aryl methyl sites for hydroxylation is 1. The Morgan fingerprint density at radius 2 is 1.81 bits per heavy atom. The number of carbonyl (C=O) groups is 1. The van der Waals surface area contributed by atoms with Gasteiger partial charge >= 0.3 is 0 Å². The lowest BCUT2D eigenvalue weighted by atomic mass is 10.2. The molecule has 5 nitrogen and oxygen atoms in total. The molecule has 2 aromatic carbocycles. The number of thiazole rings is 1. The molecule has 1 aliphatic heterocycles. The first-order valence-corrected chi connectivity index (χ1v) is 10.0. The smallest absolute Gasteiger partial charge is 0.260 e. The normalized spacial score (nSPS) is 15.2. The molecule has 27 heavy (non-hydrogen) atoms. The number of hydrogen-bond donors (Lipinski definition) is 0. The summed E-state index contributed by atoms with van der Waals surface area (Å²) in [6.45, 7) is 6.19. The standard InChI is InChI=1S/C21H23N3O2S/c1-16-6-8-17(9-7-16)26-15-21(25)24-12-10-23(11-13-24)14-20-22-18-4-2-3-5-19(18)27-20/h2-9H,10-15H2,1H3. The fourth-order valence-corrected chi connectivity index (χ4v) is 4.21. The number of piperazine rings is 1. The van der Waals surface area contributed by atoms with E-state index in [1.165, 1.54) is 10.3 Å². The van der Waals surface area contributed by atoms with E-state index < -0.39 is 0 Å². The highest BCUT2D eigenvalue weighted by Crippen LogP contribution is 2.23. The molecule has 1 aliphatic rings. The molecule has 4 rings (SSSR count). The van der Waals surface area contributed by atoms with Gasteiger partial charge in [-0.15, -0.1) is 11.3 Å². The van der Waals surface area contributed by atoms with Gasteiger partial charge in [0.05, 0.1) is 16.8 Å². The van der Waals surface area contributed by atoms with Crippen LogP contribution in [0.4, 0.5) is 0 Å². The Hall–Kier alpha value is -2.44. The second kappa shape index (κ2) is 8.06.